The zero-order chi connectivity index (χ0) is 47.5. The number of unbranched alkanes of at least 4 members (excludes halogenated alkanes) is 13. The molecule has 0 aromatic heterocycles. The highest BCUT2D eigenvalue weighted by molar-refractivity contribution is 7.47. The number of likely N-dealkylation sites (N-methyl/N-ethyl adjacent to an activating group) is 1. The van der Waals surface area contributed by atoms with E-state index in [1.54, 1.807) is 0 Å². The van der Waals surface area contributed by atoms with Crippen LogP contribution in [0.15, 0.2) is 11.6 Å². The molecule has 0 saturated heterocycles. The Bertz CT molecular complexity index is 1480. The number of fused-ring (bicyclic) bond motifs is 5. The molecule has 378 valence electrons. The SMILES string of the molecule is CCCCCCCCCCCCCCCCNC(=O)OC(COC(=O)O[C@H]1CC[C@@]2(C)C(=CC[C@H]3[C@@H]4CC[C@H]([C@H](C)CCCC(C)C)[C@@]4(C)CC[C@@H]32)C1)COP(=O)(O)OCC[N+](C)(C)C. The summed E-state index contributed by atoms with van der Waals surface area (Å²) >= 11 is 0. The summed E-state index contributed by atoms with van der Waals surface area (Å²) in [6, 6.07) is 0. The van der Waals surface area contributed by atoms with Gasteiger partial charge in [0, 0.05) is 13.0 Å². The van der Waals surface area contributed by atoms with Crippen molar-refractivity contribution in [3.63, 3.8) is 0 Å². The lowest BCUT2D eigenvalue weighted by Crippen LogP contribution is -2.51. The molecule has 0 heterocycles. The predicted molar refractivity (Wildman–Crippen MR) is 262 cm³/mol. The Balaban J connectivity index is 1.21. The average molecular weight is 938 g/mol. The van der Waals surface area contributed by atoms with E-state index in [0.29, 0.717) is 35.3 Å². The molecule has 4 aliphatic carbocycles. The van der Waals surface area contributed by atoms with Crippen LogP contribution in [0.5, 0.6) is 0 Å². The lowest BCUT2D eigenvalue weighted by molar-refractivity contribution is -0.870. The summed E-state index contributed by atoms with van der Waals surface area (Å²) in [7, 11) is 1.38. The van der Waals surface area contributed by atoms with Gasteiger partial charge in [-0.2, -0.15) is 0 Å². The summed E-state index contributed by atoms with van der Waals surface area (Å²) in [5, 5.41) is 2.78. The topological polar surface area (TPSA) is 130 Å². The lowest BCUT2D eigenvalue weighted by atomic mass is 9.47. The van der Waals surface area contributed by atoms with Crippen molar-refractivity contribution < 1.29 is 46.8 Å². The number of nitrogens with zero attached hydrogens (tertiary/aromatic N) is 1. The number of ether oxygens (including phenoxy) is 3. The average Bonchev–Trinajstić information content (AvgIpc) is 3.60. The van der Waals surface area contributed by atoms with Crippen LogP contribution in [0.4, 0.5) is 9.59 Å². The standard InChI is InChI=1S/C53H97N2O9P/c1-10-11-12-13-14-15-16-17-18-19-20-21-22-23-35-54-50(56)63-45(40-62-65(58,59)61-37-36-55(7,8)9)39-60-51(57)64-44-31-33-52(5)43(38-44)27-28-46-48-30-29-47(42(4)26-24-25-41(2)3)53(48,6)34-32-49(46)52/h27,41-42,44-49H,10-26,28-40H2,1-9H3,(H-,54,56,58,59)/p+1/t42-,44+,45?,46+,47-,48+,49+,52+,53-/m1/s1. The molecule has 0 radical (unpaired) electrons. The molecule has 1 amide bonds. The van der Waals surface area contributed by atoms with Crippen molar-refractivity contribution in [2.24, 2.45) is 46.3 Å². The third-order valence-electron chi connectivity index (χ3n) is 16.4. The van der Waals surface area contributed by atoms with Crippen molar-refractivity contribution in [1.29, 1.82) is 0 Å². The molecule has 2 N–H and O–H groups in total. The van der Waals surface area contributed by atoms with E-state index < -0.39 is 39.4 Å². The summed E-state index contributed by atoms with van der Waals surface area (Å²) < 4.78 is 40.7. The Hall–Kier alpha value is -1.65. The van der Waals surface area contributed by atoms with E-state index in [1.807, 2.05) is 21.1 Å². The molecule has 10 atom stereocenters. The van der Waals surface area contributed by atoms with Crippen LogP contribution < -0.4 is 5.32 Å². The quantitative estimate of drug-likeness (QED) is 0.0229. The lowest BCUT2D eigenvalue weighted by Gasteiger charge is -2.58. The Morgan fingerprint density at radius 3 is 2.09 bits per heavy atom. The predicted octanol–water partition coefficient (Wildman–Crippen LogP) is 14.0. The smallest absolute Gasteiger partial charge is 0.440 e. The molecular weight excluding hydrogens is 840 g/mol. The van der Waals surface area contributed by atoms with Gasteiger partial charge in [-0.15, -0.1) is 0 Å². The maximum atomic E-state index is 13.2. The molecule has 0 aliphatic heterocycles. The van der Waals surface area contributed by atoms with E-state index in [9.17, 15) is 19.0 Å². The van der Waals surface area contributed by atoms with E-state index >= 15 is 0 Å². The molecule has 4 aliphatic rings. The number of nitrogens with one attached hydrogen (secondary N) is 1. The van der Waals surface area contributed by atoms with Crippen molar-refractivity contribution in [2.45, 2.75) is 214 Å². The van der Waals surface area contributed by atoms with Gasteiger partial charge in [-0.3, -0.25) is 9.05 Å². The van der Waals surface area contributed by atoms with E-state index in [2.05, 4.69) is 52.9 Å². The highest BCUT2D eigenvalue weighted by atomic mass is 31.2. The van der Waals surface area contributed by atoms with Gasteiger partial charge in [-0.05, 0) is 97.7 Å². The fourth-order valence-electron chi connectivity index (χ4n) is 12.5. The van der Waals surface area contributed by atoms with Gasteiger partial charge in [0.1, 0.15) is 25.9 Å². The number of phosphoric ester groups is 1. The van der Waals surface area contributed by atoms with Crippen LogP contribution in [-0.2, 0) is 27.8 Å². The minimum absolute atomic E-state index is 0.00195. The van der Waals surface area contributed by atoms with Gasteiger partial charge >= 0.3 is 20.1 Å². The maximum absolute atomic E-state index is 13.2. The highest BCUT2D eigenvalue weighted by Gasteiger charge is 2.59. The summed E-state index contributed by atoms with van der Waals surface area (Å²) in [5.41, 5.74) is 1.99. The third kappa shape index (κ3) is 18.6. The molecule has 4 rings (SSSR count). The van der Waals surface area contributed by atoms with Crippen molar-refractivity contribution in [2.75, 3.05) is 54.1 Å². The number of amides is 1. The Labute approximate surface area is 397 Å². The molecule has 3 fully saturated rings. The van der Waals surface area contributed by atoms with Crippen molar-refractivity contribution in [1.82, 2.24) is 5.32 Å². The molecule has 65 heavy (non-hydrogen) atoms. The molecule has 11 nitrogen and oxygen atoms in total. The van der Waals surface area contributed by atoms with Crippen molar-refractivity contribution in [3.05, 3.63) is 11.6 Å². The van der Waals surface area contributed by atoms with Gasteiger partial charge in [0.25, 0.3) is 0 Å². The number of phosphoric acid groups is 1. The first kappa shape index (κ1) is 55.9. The second-order valence-corrected chi connectivity index (χ2v) is 24.4. The van der Waals surface area contributed by atoms with E-state index in [-0.39, 0.29) is 18.1 Å². The molecule has 12 heteroatoms. The van der Waals surface area contributed by atoms with Gasteiger partial charge < -0.3 is 28.9 Å². The summed E-state index contributed by atoms with van der Waals surface area (Å²) in [5.74, 6) is 4.59. The van der Waals surface area contributed by atoms with Crippen LogP contribution in [0.1, 0.15) is 202 Å². The number of allylic oxidation sites excluding steroid dienone is 1. The third-order valence-corrected chi connectivity index (χ3v) is 17.4. The monoisotopic (exact) mass is 938 g/mol. The first-order valence-electron chi connectivity index (χ1n) is 26.8. The maximum Gasteiger partial charge on any atom is 0.508 e. The second kappa shape index (κ2) is 27.5. The minimum atomic E-state index is -4.46. The Morgan fingerprint density at radius 2 is 1.46 bits per heavy atom. The van der Waals surface area contributed by atoms with Gasteiger partial charge in [0.05, 0.1) is 27.7 Å². The van der Waals surface area contributed by atoms with E-state index in [0.717, 1.165) is 68.1 Å². The number of alkyl carbamates (subject to hydrolysis) is 1. The van der Waals surface area contributed by atoms with Crippen LogP contribution in [0, 0.1) is 46.3 Å². The number of rotatable bonds is 31. The molecule has 2 unspecified atom stereocenters. The largest absolute Gasteiger partial charge is 0.508 e. The first-order valence-corrected chi connectivity index (χ1v) is 28.3. The highest BCUT2D eigenvalue weighted by Crippen LogP contribution is 2.67. The van der Waals surface area contributed by atoms with Crippen LogP contribution in [0.3, 0.4) is 0 Å². The number of quaternary nitrogens is 1. The molecule has 0 spiro atoms. The van der Waals surface area contributed by atoms with Crippen LogP contribution in [0.25, 0.3) is 0 Å². The van der Waals surface area contributed by atoms with Crippen LogP contribution >= 0.6 is 7.82 Å². The van der Waals surface area contributed by atoms with Gasteiger partial charge in [0.15, 0.2) is 6.10 Å². The van der Waals surface area contributed by atoms with Gasteiger partial charge in [-0.25, -0.2) is 14.2 Å². The Morgan fingerprint density at radius 1 is 0.815 bits per heavy atom. The summed E-state index contributed by atoms with van der Waals surface area (Å²) in [4.78, 5) is 36.4. The number of hydrogen-bond donors (Lipinski definition) is 2. The zero-order valence-corrected chi connectivity index (χ0v) is 43.9. The number of hydrogen-bond acceptors (Lipinski definition) is 8. The minimum Gasteiger partial charge on any atom is -0.440 e. The van der Waals surface area contributed by atoms with Gasteiger partial charge in [0.2, 0.25) is 0 Å². The second-order valence-electron chi connectivity index (χ2n) is 23.0. The summed E-state index contributed by atoms with van der Waals surface area (Å²) in [6.45, 7) is 14.6. The normalized spacial score (nSPS) is 28.3. The first-order chi connectivity index (χ1) is 30.9. The van der Waals surface area contributed by atoms with Gasteiger partial charge in [-0.1, -0.05) is 156 Å². The van der Waals surface area contributed by atoms with Crippen molar-refractivity contribution in [3.8, 4) is 0 Å². The number of carbonyl (C=O) groups excluding carboxylic acids is 2. The summed E-state index contributed by atoms with van der Waals surface area (Å²) in [6.07, 6.45) is 30.0. The zero-order valence-electron chi connectivity index (χ0n) is 43.0. The molecular formula is C53H98N2O9P+. The van der Waals surface area contributed by atoms with E-state index in [4.69, 9.17) is 23.3 Å². The fourth-order valence-corrected chi connectivity index (χ4v) is 13.3. The molecule has 3 saturated carbocycles. The molecule has 0 aromatic carbocycles. The fraction of sp³-hybridized carbons (Fsp3) is 0.925. The molecule has 0 bridgehead atoms. The number of carbonyl (C=O) groups is 2. The van der Waals surface area contributed by atoms with Crippen LogP contribution in [-0.4, -0.2) is 87.9 Å². The van der Waals surface area contributed by atoms with Crippen molar-refractivity contribution >= 4 is 20.1 Å². The van der Waals surface area contributed by atoms with E-state index in [1.165, 1.54) is 121 Å². The van der Waals surface area contributed by atoms with Crippen LogP contribution in [0.2, 0.25) is 0 Å². The Kier molecular flexibility index (Phi) is 23.7. The molecule has 0 aromatic rings.